The van der Waals surface area contributed by atoms with Crippen LogP contribution in [0.4, 0.5) is 5.13 Å². The maximum atomic E-state index is 4.94. The first-order valence-electron chi connectivity index (χ1n) is 9.09. The molecule has 1 aliphatic heterocycles. The van der Waals surface area contributed by atoms with Crippen LogP contribution in [0.5, 0.6) is 0 Å². The second-order valence-corrected chi connectivity index (χ2v) is 7.92. The summed E-state index contributed by atoms with van der Waals surface area (Å²) in [5.74, 6) is 0. The largest absolute Gasteiger partial charge is 0.345 e. The topological polar surface area (TPSA) is 19.4 Å². The average Bonchev–Trinajstić information content (AvgIpc) is 3.09. The highest BCUT2D eigenvalue weighted by Crippen LogP contribution is 2.32. The summed E-state index contributed by atoms with van der Waals surface area (Å²) in [7, 11) is 0. The molecule has 0 atom stereocenters. The molecule has 0 spiro atoms. The summed E-state index contributed by atoms with van der Waals surface area (Å²) in [6.07, 6.45) is 1.14. The lowest BCUT2D eigenvalue weighted by Gasteiger charge is -2.34. The van der Waals surface area contributed by atoms with Gasteiger partial charge in [0.1, 0.15) is 0 Å². The SMILES string of the molecule is Cc1ccc2sc(N3CCN(CCc4ccccc4)CC3)nc2c1C. The Balaban J connectivity index is 1.38. The van der Waals surface area contributed by atoms with Crippen molar-refractivity contribution in [1.82, 2.24) is 9.88 Å². The zero-order valence-electron chi connectivity index (χ0n) is 15.0. The first-order chi connectivity index (χ1) is 12.2. The highest BCUT2D eigenvalue weighted by Gasteiger charge is 2.20. The van der Waals surface area contributed by atoms with Gasteiger partial charge in [0.25, 0.3) is 0 Å². The second kappa shape index (κ2) is 7.14. The molecule has 3 aromatic rings. The van der Waals surface area contributed by atoms with Crippen LogP contribution in [0, 0.1) is 13.8 Å². The van der Waals surface area contributed by atoms with Gasteiger partial charge in [0.15, 0.2) is 5.13 Å². The lowest BCUT2D eigenvalue weighted by molar-refractivity contribution is 0.261. The molecule has 3 nitrogen and oxygen atoms in total. The van der Waals surface area contributed by atoms with Gasteiger partial charge in [0, 0.05) is 32.7 Å². The number of rotatable bonds is 4. The van der Waals surface area contributed by atoms with Crippen molar-refractivity contribution in [3.63, 3.8) is 0 Å². The van der Waals surface area contributed by atoms with Gasteiger partial charge in [-0.15, -0.1) is 0 Å². The molecule has 1 aliphatic rings. The normalized spacial score (nSPS) is 15.8. The van der Waals surface area contributed by atoms with E-state index in [1.165, 1.54) is 32.0 Å². The highest BCUT2D eigenvalue weighted by molar-refractivity contribution is 7.22. The van der Waals surface area contributed by atoms with E-state index in [0.29, 0.717) is 0 Å². The van der Waals surface area contributed by atoms with E-state index in [1.807, 2.05) is 11.3 Å². The van der Waals surface area contributed by atoms with Crippen molar-refractivity contribution >= 4 is 26.7 Å². The van der Waals surface area contributed by atoms with Gasteiger partial charge in [-0.25, -0.2) is 4.98 Å². The number of aryl methyl sites for hydroxylation is 2. The molecule has 2 heterocycles. The van der Waals surface area contributed by atoms with Crippen LogP contribution in [0.15, 0.2) is 42.5 Å². The Kier molecular flexibility index (Phi) is 4.73. The smallest absolute Gasteiger partial charge is 0.186 e. The molecule has 4 rings (SSSR count). The Morgan fingerprint density at radius 1 is 0.960 bits per heavy atom. The fourth-order valence-corrected chi connectivity index (χ4v) is 4.52. The molecule has 25 heavy (non-hydrogen) atoms. The van der Waals surface area contributed by atoms with Crippen LogP contribution in [0.1, 0.15) is 16.7 Å². The first-order valence-corrected chi connectivity index (χ1v) is 9.90. The Labute approximate surface area is 153 Å². The molecule has 2 aromatic carbocycles. The molecule has 1 saturated heterocycles. The summed E-state index contributed by atoms with van der Waals surface area (Å²) < 4.78 is 1.31. The predicted molar refractivity (Wildman–Crippen MR) is 108 cm³/mol. The zero-order valence-corrected chi connectivity index (χ0v) is 15.9. The maximum Gasteiger partial charge on any atom is 0.186 e. The van der Waals surface area contributed by atoms with Gasteiger partial charge in [-0.2, -0.15) is 0 Å². The zero-order chi connectivity index (χ0) is 17.2. The van der Waals surface area contributed by atoms with Crippen molar-refractivity contribution in [1.29, 1.82) is 0 Å². The summed E-state index contributed by atoms with van der Waals surface area (Å²) in [4.78, 5) is 9.97. The molecule has 130 valence electrons. The lowest BCUT2D eigenvalue weighted by Crippen LogP contribution is -2.46. The van der Waals surface area contributed by atoms with Crippen molar-refractivity contribution < 1.29 is 0 Å². The lowest BCUT2D eigenvalue weighted by atomic mass is 10.1. The molecule has 1 fully saturated rings. The van der Waals surface area contributed by atoms with E-state index in [0.717, 1.165) is 39.1 Å². The van der Waals surface area contributed by atoms with E-state index < -0.39 is 0 Å². The number of hydrogen-bond acceptors (Lipinski definition) is 4. The Bertz CT molecular complexity index is 848. The molecule has 0 saturated carbocycles. The van der Waals surface area contributed by atoms with E-state index >= 15 is 0 Å². The number of thiazole rings is 1. The molecular formula is C21H25N3S. The van der Waals surface area contributed by atoms with E-state index in [2.05, 4.69) is 66.1 Å². The minimum absolute atomic E-state index is 1.08. The minimum atomic E-state index is 1.08. The monoisotopic (exact) mass is 351 g/mol. The number of benzene rings is 2. The van der Waals surface area contributed by atoms with Crippen LogP contribution in [-0.4, -0.2) is 42.6 Å². The Morgan fingerprint density at radius 3 is 2.48 bits per heavy atom. The average molecular weight is 352 g/mol. The molecule has 4 heteroatoms. The quantitative estimate of drug-likeness (QED) is 0.699. The summed E-state index contributed by atoms with van der Waals surface area (Å²) in [6.45, 7) is 9.90. The standard InChI is InChI=1S/C21H25N3S/c1-16-8-9-19-20(17(16)2)22-21(25-19)24-14-12-23(13-15-24)11-10-18-6-4-3-5-7-18/h3-9H,10-15H2,1-2H3. The summed E-state index contributed by atoms with van der Waals surface area (Å²) in [5.41, 5.74) is 5.27. The van der Waals surface area contributed by atoms with Crippen molar-refractivity contribution in [2.45, 2.75) is 20.3 Å². The molecular weight excluding hydrogens is 326 g/mol. The van der Waals surface area contributed by atoms with Crippen molar-refractivity contribution in [2.75, 3.05) is 37.6 Å². The van der Waals surface area contributed by atoms with Gasteiger partial charge >= 0.3 is 0 Å². The van der Waals surface area contributed by atoms with Crippen LogP contribution in [0.2, 0.25) is 0 Å². The number of fused-ring (bicyclic) bond motifs is 1. The van der Waals surface area contributed by atoms with Gasteiger partial charge in [-0.05, 0) is 43.0 Å². The summed E-state index contributed by atoms with van der Waals surface area (Å²) in [6, 6.07) is 15.2. The van der Waals surface area contributed by atoms with Crippen molar-refractivity contribution in [2.24, 2.45) is 0 Å². The van der Waals surface area contributed by atoms with Crippen LogP contribution in [0.25, 0.3) is 10.2 Å². The number of piperazine rings is 1. The molecule has 0 bridgehead atoms. The Hall–Kier alpha value is -1.91. The van der Waals surface area contributed by atoms with E-state index in [1.54, 1.807) is 0 Å². The fraction of sp³-hybridized carbons (Fsp3) is 0.381. The van der Waals surface area contributed by atoms with Crippen LogP contribution in [-0.2, 0) is 6.42 Å². The van der Waals surface area contributed by atoms with Crippen LogP contribution in [0.3, 0.4) is 0 Å². The Morgan fingerprint density at radius 2 is 1.72 bits per heavy atom. The van der Waals surface area contributed by atoms with Gasteiger partial charge < -0.3 is 4.90 Å². The first kappa shape index (κ1) is 16.6. The van der Waals surface area contributed by atoms with Gasteiger partial charge in [-0.1, -0.05) is 47.7 Å². The number of anilines is 1. The molecule has 0 N–H and O–H groups in total. The third kappa shape index (κ3) is 3.55. The third-order valence-electron chi connectivity index (χ3n) is 5.28. The second-order valence-electron chi connectivity index (χ2n) is 6.91. The maximum absolute atomic E-state index is 4.94. The molecule has 0 radical (unpaired) electrons. The van der Waals surface area contributed by atoms with E-state index in [9.17, 15) is 0 Å². The van der Waals surface area contributed by atoms with Crippen LogP contribution < -0.4 is 4.90 Å². The number of hydrogen-bond donors (Lipinski definition) is 0. The fourth-order valence-electron chi connectivity index (χ4n) is 3.44. The molecule has 0 unspecified atom stereocenters. The molecule has 1 aromatic heterocycles. The van der Waals surface area contributed by atoms with Crippen LogP contribution >= 0.6 is 11.3 Å². The number of nitrogens with zero attached hydrogens (tertiary/aromatic N) is 3. The van der Waals surface area contributed by atoms with Gasteiger partial charge in [-0.3, -0.25) is 4.90 Å². The summed E-state index contributed by atoms with van der Waals surface area (Å²) >= 11 is 1.83. The van der Waals surface area contributed by atoms with E-state index in [-0.39, 0.29) is 0 Å². The molecule has 0 aliphatic carbocycles. The van der Waals surface area contributed by atoms with Gasteiger partial charge in [0.05, 0.1) is 10.2 Å². The predicted octanol–water partition coefficient (Wildman–Crippen LogP) is 4.28. The van der Waals surface area contributed by atoms with Gasteiger partial charge in [0.2, 0.25) is 0 Å². The third-order valence-corrected chi connectivity index (χ3v) is 6.36. The van der Waals surface area contributed by atoms with Crippen molar-refractivity contribution in [3.05, 3.63) is 59.2 Å². The highest BCUT2D eigenvalue weighted by atomic mass is 32.1. The van der Waals surface area contributed by atoms with E-state index in [4.69, 9.17) is 4.98 Å². The molecule has 0 amide bonds. The summed E-state index contributed by atoms with van der Waals surface area (Å²) in [5, 5.41) is 1.19. The minimum Gasteiger partial charge on any atom is -0.345 e. The number of aromatic nitrogens is 1. The van der Waals surface area contributed by atoms with Crippen molar-refractivity contribution in [3.8, 4) is 0 Å².